The third kappa shape index (κ3) is 4.81. The maximum absolute atomic E-state index is 11.9. The topological polar surface area (TPSA) is 53.6 Å². The maximum Gasteiger partial charge on any atom is 0.319 e. The van der Waals surface area contributed by atoms with Gasteiger partial charge in [-0.25, -0.2) is 4.79 Å². The molecule has 2 N–H and O–H groups in total. The molecule has 3 rings (SSSR count). The molecule has 0 aromatic heterocycles. The first-order valence-corrected chi connectivity index (χ1v) is 8.32. The molecule has 1 aliphatic heterocycles. The van der Waals surface area contributed by atoms with Crippen molar-refractivity contribution >= 4 is 11.7 Å². The molecule has 0 bridgehead atoms. The molecule has 2 aromatic carbocycles. The van der Waals surface area contributed by atoms with E-state index in [2.05, 4.69) is 27.7 Å². The molecule has 0 atom stereocenters. The van der Waals surface area contributed by atoms with Crippen LogP contribution in [0.5, 0.6) is 0 Å². The summed E-state index contributed by atoms with van der Waals surface area (Å²) in [5, 5.41) is 5.76. The fraction of sp³-hybridized carbons (Fsp3) is 0.316. The zero-order chi connectivity index (χ0) is 16.6. The number of hydrogen-bond acceptors (Lipinski definition) is 3. The van der Waals surface area contributed by atoms with Crippen LogP contribution in [0.15, 0.2) is 54.6 Å². The van der Waals surface area contributed by atoms with Crippen LogP contribution in [0.4, 0.5) is 10.5 Å². The molecular weight excluding hydrogens is 302 g/mol. The summed E-state index contributed by atoms with van der Waals surface area (Å²) in [6.45, 7) is 4.91. The van der Waals surface area contributed by atoms with Gasteiger partial charge < -0.3 is 15.4 Å². The second-order valence-electron chi connectivity index (χ2n) is 5.78. The summed E-state index contributed by atoms with van der Waals surface area (Å²) in [6.07, 6.45) is 0. The van der Waals surface area contributed by atoms with Gasteiger partial charge in [0.15, 0.2) is 0 Å². The van der Waals surface area contributed by atoms with Gasteiger partial charge in [-0.05, 0) is 23.3 Å². The predicted molar refractivity (Wildman–Crippen MR) is 96.2 cm³/mol. The maximum atomic E-state index is 11.9. The number of rotatable bonds is 5. The van der Waals surface area contributed by atoms with Crippen LogP contribution in [0.25, 0.3) is 11.1 Å². The van der Waals surface area contributed by atoms with Crippen molar-refractivity contribution in [2.75, 3.05) is 44.7 Å². The van der Waals surface area contributed by atoms with Crippen LogP contribution in [0.3, 0.4) is 0 Å². The largest absolute Gasteiger partial charge is 0.379 e. The molecule has 1 heterocycles. The average molecular weight is 325 g/mol. The highest BCUT2D eigenvalue weighted by molar-refractivity contribution is 5.89. The van der Waals surface area contributed by atoms with Gasteiger partial charge >= 0.3 is 6.03 Å². The van der Waals surface area contributed by atoms with Gasteiger partial charge in [0.1, 0.15) is 0 Å². The van der Waals surface area contributed by atoms with E-state index in [4.69, 9.17) is 4.74 Å². The zero-order valence-electron chi connectivity index (χ0n) is 13.7. The van der Waals surface area contributed by atoms with Crippen LogP contribution in [0.1, 0.15) is 0 Å². The lowest BCUT2D eigenvalue weighted by molar-refractivity contribution is 0.0388. The van der Waals surface area contributed by atoms with Gasteiger partial charge in [-0.1, -0.05) is 42.5 Å². The summed E-state index contributed by atoms with van der Waals surface area (Å²) in [4.78, 5) is 14.2. The number of urea groups is 1. The van der Waals surface area contributed by atoms with Crippen LogP contribution in [-0.4, -0.2) is 50.3 Å². The molecule has 126 valence electrons. The van der Waals surface area contributed by atoms with Gasteiger partial charge in [0.25, 0.3) is 0 Å². The molecule has 0 aliphatic carbocycles. The molecule has 24 heavy (non-hydrogen) atoms. The van der Waals surface area contributed by atoms with Crippen LogP contribution < -0.4 is 10.6 Å². The Hall–Kier alpha value is -2.37. The van der Waals surface area contributed by atoms with Crippen LogP contribution in [0, 0.1) is 0 Å². The lowest BCUT2D eigenvalue weighted by Crippen LogP contribution is -2.42. The Kier molecular flexibility index (Phi) is 5.82. The monoisotopic (exact) mass is 325 g/mol. The van der Waals surface area contributed by atoms with Crippen LogP contribution in [0.2, 0.25) is 0 Å². The Balaban J connectivity index is 1.44. The molecule has 2 amide bonds. The first kappa shape index (κ1) is 16.5. The smallest absolute Gasteiger partial charge is 0.319 e. The first-order valence-electron chi connectivity index (χ1n) is 8.32. The summed E-state index contributed by atoms with van der Waals surface area (Å²) >= 11 is 0. The SMILES string of the molecule is O=C(NCCN1CCOCC1)Nc1ccc(-c2ccccc2)cc1. The van der Waals surface area contributed by atoms with E-state index in [0.29, 0.717) is 6.54 Å². The van der Waals surface area contributed by atoms with E-state index in [1.165, 1.54) is 5.56 Å². The Morgan fingerprint density at radius 3 is 2.33 bits per heavy atom. The highest BCUT2D eigenvalue weighted by Gasteiger charge is 2.10. The lowest BCUT2D eigenvalue weighted by atomic mass is 10.1. The van der Waals surface area contributed by atoms with E-state index < -0.39 is 0 Å². The van der Waals surface area contributed by atoms with E-state index in [1.807, 2.05) is 42.5 Å². The summed E-state index contributed by atoms with van der Waals surface area (Å²) in [5.41, 5.74) is 3.09. The zero-order valence-corrected chi connectivity index (χ0v) is 13.7. The number of anilines is 1. The second kappa shape index (κ2) is 8.47. The molecule has 1 fully saturated rings. The van der Waals surface area contributed by atoms with E-state index in [0.717, 1.165) is 44.1 Å². The number of amides is 2. The molecule has 0 saturated carbocycles. The number of nitrogens with zero attached hydrogens (tertiary/aromatic N) is 1. The molecule has 1 aliphatic rings. The van der Waals surface area contributed by atoms with Crippen molar-refractivity contribution in [3.63, 3.8) is 0 Å². The van der Waals surface area contributed by atoms with E-state index in [9.17, 15) is 4.79 Å². The minimum Gasteiger partial charge on any atom is -0.379 e. The van der Waals surface area contributed by atoms with Crippen molar-refractivity contribution in [2.24, 2.45) is 0 Å². The normalized spacial score (nSPS) is 15.0. The standard InChI is InChI=1S/C19H23N3O2/c23-19(20-10-11-22-12-14-24-15-13-22)21-18-8-6-17(7-9-18)16-4-2-1-3-5-16/h1-9H,10-15H2,(H2,20,21,23). The first-order chi connectivity index (χ1) is 11.8. The van der Waals surface area contributed by atoms with E-state index in [1.54, 1.807) is 0 Å². The van der Waals surface area contributed by atoms with Crippen molar-refractivity contribution in [3.05, 3.63) is 54.6 Å². The number of hydrogen-bond donors (Lipinski definition) is 2. The molecule has 5 nitrogen and oxygen atoms in total. The lowest BCUT2D eigenvalue weighted by Gasteiger charge is -2.26. The van der Waals surface area contributed by atoms with Crippen molar-refractivity contribution < 1.29 is 9.53 Å². The van der Waals surface area contributed by atoms with Crippen molar-refractivity contribution in [1.82, 2.24) is 10.2 Å². The molecular formula is C19H23N3O2. The minimum absolute atomic E-state index is 0.171. The number of carbonyl (C=O) groups is 1. The quantitative estimate of drug-likeness (QED) is 0.889. The highest BCUT2D eigenvalue weighted by atomic mass is 16.5. The molecule has 0 unspecified atom stereocenters. The Morgan fingerprint density at radius 1 is 0.958 bits per heavy atom. The molecule has 0 spiro atoms. The van der Waals surface area contributed by atoms with Gasteiger partial charge in [0.05, 0.1) is 13.2 Å². The fourth-order valence-corrected chi connectivity index (χ4v) is 2.70. The number of benzene rings is 2. The molecule has 1 saturated heterocycles. The van der Waals surface area contributed by atoms with Crippen molar-refractivity contribution in [1.29, 1.82) is 0 Å². The van der Waals surface area contributed by atoms with Crippen LogP contribution >= 0.6 is 0 Å². The highest BCUT2D eigenvalue weighted by Crippen LogP contribution is 2.20. The fourth-order valence-electron chi connectivity index (χ4n) is 2.70. The second-order valence-corrected chi connectivity index (χ2v) is 5.78. The number of nitrogens with one attached hydrogen (secondary N) is 2. The number of morpholine rings is 1. The summed E-state index contributed by atoms with van der Waals surface area (Å²) in [7, 11) is 0. The Labute approximate surface area is 142 Å². The Bertz CT molecular complexity index is 637. The molecule has 2 aromatic rings. The summed E-state index contributed by atoms with van der Waals surface area (Å²) < 4.78 is 5.31. The summed E-state index contributed by atoms with van der Waals surface area (Å²) in [6, 6.07) is 17.9. The minimum atomic E-state index is -0.171. The van der Waals surface area contributed by atoms with Gasteiger partial charge in [0.2, 0.25) is 0 Å². The van der Waals surface area contributed by atoms with Crippen molar-refractivity contribution in [3.8, 4) is 11.1 Å². The molecule has 5 heteroatoms. The van der Waals surface area contributed by atoms with Gasteiger partial charge in [-0.15, -0.1) is 0 Å². The Morgan fingerprint density at radius 2 is 1.62 bits per heavy atom. The van der Waals surface area contributed by atoms with E-state index in [-0.39, 0.29) is 6.03 Å². The van der Waals surface area contributed by atoms with Crippen molar-refractivity contribution in [2.45, 2.75) is 0 Å². The van der Waals surface area contributed by atoms with E-state index >= 15 is 0 Å². The predicted octanol–water partition coefficient (Wildman–Crippen LogP) is 2.81. The number of ether oxygens (including phenoxy) is 1. The van der Waals surface area contributed by atoms with Gasteiger partial charge in [-0.3, -0.25) is 4.90 Å². The number of carbonyl (C=O) groups excluding carboxylic acids is 1. The van der Waals surface area contributed by atoms with Gasteiger partial charge in [-0.2, -0.15) is 0 Å². The average Bonchev–Trinajstić information content (AvgIpc) is 2.64. The van der Waals surface area contributed by atoms with Gasteiger partial charge in [0, 0.05) is 31.9 Å². The third-order valence-electron chi connectivity index (χ3n) is 4.07. The van der Waals surface area contributed by atoms with Crippen LogP contribution in [-0.2, 0) is 4.74 Å². The molecule has 0 radical (unpaired) electrons. The summed E-state index contributed by atoms with van der Waals surface area (Å²) in [5.74, 6) is 0. The third-order valence-corrected chi connectivity index (χ3v) is 4.07.